The lowest BCUT2D eigenvalue weighted by atomic mass is 10.2. The Morgan fingerprint density at radius 3 is 2.50 bits per heavy atom. The standard InChI is InChI=1S/C16H27N5O7P2/c1-9(2)29(22,23)26-6-12-11(28-30(24,25)10(3)4)5-13(27-12)21-8-20-14-15(17)18-7-19-16(14)21/h7-13H,5-6H2,1-4H3,(H,22,23)(H,24,25)(H2,17,18,19)/t11?,12-,13-/m1/s1. The average Bonchev–Trinajstić information content (AvgIpc) is 3.24. The SMILES string of the molecule is CC(C)P(=O)(O)OC[C@H]1O[C@@H](n2cnc3c(N)ncnc32)CC1OP(=O)(O)C(C)C. The van der Waals surface area contributed by atoms with Crippen LogP contribution in [-0.4, -0.2) is 59.4 Å². The van der Waals surface area contributed by atoms with E-state index < -0.39 is 44.9 Å². The van der Waals surface area contributed by atoms with Gasteiger partial charge in [0.25, 0.3) is 0 Å². The Morgan fingerprint density at radius 2 is 1.87 bits per heavy atom. The van der Waals surface area contributed by atoms with E-state index in [1.54, 1.807) is 32.3 Å². The van der Waals surface area contributed by atoms with Crippen LogP contribution in [0.1, 0.15) is 40.3 Å². The maximum absolute atomic E-state index is 12.5. The molecule has 0 amide bonds. The summed E-state index contributed by atoms with van der Waals surface area (Å²) in [6.07, 6.45) is 0.587. The minimum absolute atomic E-state index is 0.179. The van der Waals surface area contributed by atoms with Crippen LogP contribution in [0.5, 0.6) is 0 Å². The van der Waals surface area contributed by atoms with Crippen LogP contribution < -0.4 is 5.73 Å². The lowest BCUT2D eigenvalue weighted by Crippen LogP contribution is -2.29. The van der Waals surface area contributed by atoms with Gasteiger partial charge in [-0.15, -0.1) is 0 Å². The molecule has 12 nitrogen and oxygen atoms in total. The summed E-state index contributed by atoms with van der Waals surface area (Å²) in [6.45, 7) is 5.99. The number of anilines is 1. The first-order valence-corrected chi connectivity index (χ1v) is 12.8. The molecule has 0 aromatic carbocycles. The van der Waals surface area contributed by atoms with Gasteiger partial charge >= 0.3 is 15.2 Å². The van der Waals surface area contributed by atoms with Crippen LogP contribution in [0, 0.1) is 0 Å². The largest absolute Gasteiger partial charge is 0.382 e. The molecule has 1 saturated heterocycles. The van der Waals surface area contributed by atoms with Crippen molar-refractivity contribution < 1.29 is 32.7 Å². The molecule has 168 valence electrons. The van der Waals surface area contributed by atoms with Crippen molar-refractivity contribution in [1.29, 1.82) is 0 Å². The topological polar surface area (TPSA) is 172 Å². The van der Waals surface area contributed by atoms with Gasteiger partial charge in [-0.25, -0.2) is 15.0 Å². The molecule has 3 rings (SSSR count). The highest BCUT2D eigenvalue weighted by Gasteiger charge is 2.43. The van der Waals surface area contributed by atoms with Gasteiger partial charge in [-0.3, -0.25) is 13.7 Å². The molecule has 0 saturated carbocycles. The third kappa shape index (κ3) is 4.75. The highest BCUT2D eigenvalue weighted by atomic mass is 31.2. The number of hydrogen-bond donors (Lipinski definition) is 3. The second kappa shape index (κ2) is 8.63. The second-order valence-electron chi connectivity index (χ2n) is 7.70. The Morgan fingerprint density at radius 1 is 1.20 bits per heavy atom. The van der Waals surface area contributed by atoms with Gasteiger partial charge < -0.3 is 29.3 Å². The van der Waals surface area contributed by atoms with Crippen molar-refractivity contribution in [3.8, 4) is 0 Å². The molecule has 2 aromatic rings. The Kier molecular flexibility index (Phi) is 6.69. The van der Waals surface area contributed by atoms with Gasteiger partial charge in [0.05, 0.1) is 30.4 Å². The predicted octanol–water partition coefficient (Wildman–Crippen LogP) is 2.29. The number of aromatic nitrogens is 4. The smallest absolute Gasteiger partial charge is 0.330 e. The summed E-state index contributed by atoms with van der Waals surface area (Å²) < 4.78 is 42.9. The average molecular weight is 463 g/mol. The molecule has 14 heteroatoms. The fourth-order valence-electron chi connectivity index (χ4n) is 2.86. The van der Waals surface area contributed by atoms with Crippen molar-refractivity contribution in [2.45, 2.75) is 63.9 Å². The first-order valence-electron chi connectivity index (χ1n) is 9.48. The van der Waals surface area contributed by atoms with Gasteiger partial charge in [-0.1, -0.05) is 27.7 Å². The third-order valence-electron chi connectivity index (χ3n) is 4.89. The summed E-state index contributed by atoms with van der Waals surface area (Å²) in [5.41, 5.74) is 5.42. The molecule has 0 bridgehead atoms. The number of fused-ring (bicyclic) bond motifs is 1. The van der Waals surface area contributed by atoms with E-state index in [1.165, 1.54) is 12.7 Å². The van der Waals surface area contributed by atoms with Crippen molar-refractivity contribution in [3.05, 3.63) is 12.7 Å². The van der Waals surface area contributed by atoms with E-state index in [4.69, 9.17) is 19.5 Å². The van der Waals surface area contributed by atoms with Gasteiger partial charge in [0, 0.05) is 6.42 Å². The molecular formula is C16H27N5O7P2. The molecule has 3 heterocycles. The highest BCUT2D eigenvalue weighted by molar-refractivity contribution is 7.53. The number of ether oxygens (including phenoxy) is 1. The van der Waals surface area contributed by atoms with E-state index in [1.807, 2.05) is 0 Å². The Labute approximate surface area is 173 Å². The van der Waals surface area contributed by atoms with E-state index in [0.717, 1.165) is 0 Å². The highest BCUT2D eigenvalue weighted by Crippen LogP contribution is 2.52. The third-order valence-corrected chi connectivity index (χ3v) is 8.60. The van der Waals surface area contributed by atoms with E-state index in [0.29, 0.717) is 11.2 Å². The molecule has 3 unspecified atom stereocenters. The molecule has 1 fully saturated rings. The Balaban J connectivity index is 1.86. The maximum atomic E-state index is 12.5. The zero-order chi connectivity index (χ0) is 22.3. The van der Waals surface area contributed by atoms with E-state index >= 15 is 0 Å². The predicted molar refractivity (Wildman–Crippen MR) is 109 cm³/mol. The molecular weight excluding hydrogens is 436 g/mol. The number of rotatable bonds is 8. The zero-order valence-electron chi connectivity index (χ0n) is 17.2. The molecule has 2 aromatic heterocycles. The summed E-state index contributed by atoms with van der Waals surface area (Å²) in [7, 11) is -7.79. The van der Waals surface area contributed by atoms with Crippen LogP contribution in [0.3, 0.4) is 0 Å². The molecule has 5 atom stereocenters. The zero-order valence-corrected chi connectivity index (χ0v) is 18.9. The van der Waals surface area contributed by atoms with Gasteiger partial charge in [0.2, 0.25) is 0 Å². The quantitative estimate of drug-likeness (QED) is 0.490. The molecule has 1 aliphatic rings. The molecule has 1 aliphatic heterocycles. The van der Waals surface area contributed by atoms with Crippen molar-refractivity contribution in [2.75, 3.05) is 12.3 Å². The Bertz CT molecular complexity index is 998. The first-order chi connectivity index (χ1) is 13.9. The molecule has 0 spiro atoms. The number of nitrogen functional groups attached to an aromatic ring is 1. The van der Waals surface area contributed by atoms with Crippen LogP contribution >= 0.6 is 15.2 Å². The minimum Gasteiger partial charge on any atom is -0.382 e. The number of imidazole rings is 1. The summed E-state index contributed by atoms with van der Waals surface area (Å²) in [5, 5.41) is 0. The molecule has 30 heavy (non-hydrogen) atoms. The normalized spacial score (nSPS) is 26.3. The van der Waals surface area contributed by atoms with Crippen molar-refractivity contribution >= 4 is 32.2 Å². The van der Waals surface area contributed by atoms with Gasteiger partial charge in [0.1, 0.15) is 24.2 Å². The minimum atomic E-state index is -3.93. The molecule has 0 aliphatic carbocycles. The molecule has 0 radical (unpaired) electrons. The maximum Gasteiger partial charge on any atom is 0.330 e. The van der Waals surface area contributed by atoms with Crippen LogP contribution in [0.2, 0.25) is 0 Å². The lowest BCUT2D eigenvalue weighted by Gasteiger charge is -2.24. The lowest BCUT2D eigenvalue weighted by molar-refractivity contribution is -0.0372. The van der Waals surface area contributed by atoms with Gasteiger partial charge in [-0.2, -0.15) is 0 Å². The van der Waals surface area contributed by atoms with Crippen LogP contribution in [0.4, 0.5) is 5.82 Å². The number of nitrogens with zero attached hydrogens (tertiary/aromatic N) is 4. The van der Waals surface area contributed by atoms with Crippen LogP contribution in [0.15, 0.2) is 12.7 Å². The molecule has 4 N–H and O–H groups in total. The monoisotopic (exact) mass is 463 g/mol. The Hall–Kier alpha value is -1.39. The summed E-state index contributed by atoms with van der Waals surface area (Å²) in [6, 6.07) is 0. The first kappa shape index (κ1) is 23.3. The van der Waals surface area contributed by atoms with E-state index in [-0.39, 0.29) is 18.8 Å². The van der Waals surface area contributed by atoms with E-state index in [9.17, 15) is 18.9 Å². The summed E-state index contributed by atoms with van der Waals surface area (Å²) >= 11 is 0. The van der Waals surface area contributed by atoms with Crippen LogP contribution in [0.25, 0.3) is 11.2 Å². The van der Waals surface area contributed by atoms with Crippen molar-refractivity contribution in [3.63, 3.8) is 0 Å². The fraction of sp³-hybridized carbons (Fsp3) is 0.688. The van der Waals surface area contributed by atoms with Crippen molar-refractivity contribution in [1.82, 2.24) is 19.5 Å². The fourth-order valence-corrected chi connectivity index (χ4v) is 4.37. The second-order valence-corrected chi connectivity index (χ2v) is 12.5. The van der Waals surface area contributed by atoms with Gasteiger partial charge in [0.15, 0.2) is 11.5 Å². The summed E-state index contributed by atoms with van der Waals surface area (Å²) in [4.78, 5) is 32.4. The van der Waals surface area contributed by atoms with Gasteiger partial charge in [-0.05, 0) is 0 Å². The van der Waals surface area contributed by atoms with E-state index in [2.05, 4.69) is 15.0 Å². The number of hydrogen-bond acceptors (Lipinski definition) is 9. The summed E-state index contributed by atoms with van der Waals surface area (Å²) in [5.74, 6) is 0.210. The van der Waals surface area contributed by atoms with Crippen molar-refractivity contribution in [2.24, 2.45) is 0 Å². The van der Waals surface area contributed by atoms with Crippen LogP contribution in [-0.2, 0) is 22.9 Å². The number of nitrogens with two attached hydrogens (primary N) is 1.